The van der Waals surface area contributed by atoms with Crippen molar-refractivity contribution in [3.63, 3.8) is 0 Å². The summed E-state index contributed by atoms with van der Waals surface area (Å²) in [4.78, 5) is 8.24. The zero-order chi connectivity index (χ0) is 10.9. The second-order valence-electron chi connectivity index (χ2n) is 3.36. The molecule has 1 heterocycles. The van der Waals surface area contributed by atoms with Crippen molar-refractivity contribution < 1.29 is 0 Å². The number of nitrogens with zero attached hydrogens (tertiary/aromatic N) is 2. The van der Waals surface area contributed by atoms with Gasteiger partial charge in [0.15, 0.2) is 0 Å². The van der Waals surface area contributed by atoms with Crippen LogP contribution in [0.3, 0.4) is 0 Å². The normalized spacial score (nSPS) is 10.9. The third-order valence-corrected chi connectivity index (χ3v) is 3.22. The van der Waals surface area contributed by atoms with Crippen LogP contribution in [0.15, 0.2) is 23.6 Å². The van der Waals surface area contributed by atoms with Gasteiger partial charge in [-0.15, -0.1) is 11.8 Å². The van der Waals surface area contributed by atoms with Gasteiger partial charge in [0.05, 0.1) is 6.20 Å². The molecule has 1 rings (SSSR count). The van der Waals surface area contributed by atoms with Crippen molar-refractivity contribution in [1.82, 2.24) is 15.3 Å². The number of hydrogen-bond acceptors (Lipinski definition) is 4. The molecule has 0 fully saturated rings. The minimum atomic E-state index is 0.660. The number of nitrogens with one attached hydrogen (secondary N) is 1. The van der Waals surface area contributed by atoms with E-state index in [4.69, 9.17) is 0 Å². The molecule has 0 aliphatic heterocycles. The third kappa shape index (κ3) is 5.14. The van der Waals surface area contributed by atoms with Crippen molar-refractivity contribution in [2.45, 2.75) is 37.8 Å². The summed E-state index contributed by atoms with van der Waals surface area (Å²) >= 11 is 1.75. The van der Waals surface area contributed by atoms with Crippen molar-refractivity contribution >= 4 is 11.8 Å². The Balaban J connectivity index is 2.12. The Hall–Kier alpha value is -0.610. The molecule has 84 valence electrons. The van der Waals surface area contributed by atoms with Gasteiger partial charge in [-0.3, -0.25) is 4.98 Å². The van der Waals surface area contributed by atoms with Crippen LogP contribution in [-0.4, -0.2) is 28.3 Å². The summed E-state index contributed by atoms with van der Waals surface area (Å²) in [5, 5.41) is 4.52. The molecule has 0 aliphatic rings. The van der Waals surface area contributed by atoms with Crippen molar-refractivity contribution in [3.05, 3.63) is 18.6 Å². The molecule has 1 aromatic rings. The molecule has 0 atom stereocenters. The molecule has 3 nitrogen and oxygen atoms in total. The summed E-state index contributed by atoms with van der Waals surface area (Å²) in [6.45, 7) is 5.47. The van der Waals surface area contributed by atoms with E-state index in [1.54, 1.807) is 24.2 Å². The second-order valence-corrected chi connectivity index (χ2v) is 4.47. The number of aromatic nitrogens is 2. The summed E-state index contributed by atoms with van der Waals surface area (Å²) < 4.78 is 0. The van der Waals surface area contributed by atoms with E-state index in [9.17, 15) is 0 Å². The van der Waals surface area contributed by atoms with Gasteiger partial charge in [-0.05, 0) is 12.8 Å². The zero-order valence-electron chi connectivity index (χ0n) is 9.44. The molecule has 0 saturated carbocycles. The van der Waals surface area contributed by atoms with E-state index in [1.807, 2.05) is 6.20 Å². The molecule has 0 bridgehead atoms. The summed E-state index contributed by atoms with van der Waals surface area (Å²) in [5.74, 6) is 1.05. The van der Waals surface area contributed by atoms with Crippen LogP contribution in [0.2, 0.25) is 0 Å². The van der Waals surface area contributed by atoms with Crippen LogP contribution < -0.4 is 5.32 Å². The molecule has 0 saturated heterocycles. The Morgan fingerprint density at radius 3 is 2.73 bits per heavy atom. The maximum absolute atomic E-state index is 4.21. The van der Waals surface area contributed by atoms with Gasteiger partial charge in [0, 0.05) is 30.7 Å². The lowest BCUT2D eigenvalue weighted by molar-refractivity contribution is 0.501. The van der Waals surface area contributed by atoms with Crippen LogP contribution in [-0.2, 0) is 0 Å². The van der Waals surface area contributed by atoms with Crippen LogP contribution in [0.5, 0.6) is 0 Å². The van der Waals surface area contributed by atoms with Gasteiger partial charge in [-0.2, -0.15) is 0 Å². The van der Waals surface area contributed by atoms with E-state index in [0.29, 0.717) is 6.04 Å². The fourth-order valence-electron chi connectivity index (χ4n) is 1.36. The van der Waals surface area contributed by atoms with Crippen LogP contribution >= 0.6 is 11.8 Å². The molecule has 4 heteroatoms. The number of rotatable bonds is 7. The molecule has 1 N–H and O–H groups in total. The van der Waals surface area contributed by atoms with Gasteiger partial charge in [0.1, 0.15) is 5.03 Å². The Morgan fingerprint density at radius 2 is 2.13 bits per heavy atom. The average Bonchev–Trinajstić information content (AvgIpc) is 2.31. The summed E-state index contributed by atoms with van der Waals surface area (Å²) in [6, 6.07) is 0.660. The lowest BCUT2D eigenvalue weighted by Crippen LogP contribution is -2.29. The first-order chi connectivity index (χ1) is 7.36. The quantitative estimate of drug-likeness (QED) is 0.571. The summed E-state index contributed by atoms with van der Waals surface area (Å²) in [5.41, 5.74) is 0. The molecular formula is C11H19N3S. The first-order valence-corrected chi connectivity index (χ1v) is 6.47. The van der Waals surface area contributed by atoms with Gasteiger partial charge in [0.2, 0.25) is 0 Å². The highest BCUT2D eigenvalue weighted by Crippen LogP contribution is 2.11. The van der Waals surface area contributed by atoms with Gasteiger partial charge >= 0.3 is 0 Å². The molecular weight excluding hydrogens is 206 g/mol. The lowest BCUT2D eigenvalue weighted by Gasteiger charge is -2.13. The maximum Gasteiger partial charge on any atom is 0.114 e. The van der Waals surface area contributed by atoms with Crippen LogP contribution in [0, 0.1) is 0 Å². The van der Waals surface area contributed by atoms with E-state index in [-0.39, 0.29) is 0 Å². The second kappa shape index (κ2) is 7.65. The van der Waals surface area contributed by atoms with Gasteiger partial charge in [-0.25, -0.2) is 4.98 Å². The molecule has 0 radical (unpaired) electrons. The van der Waals surface area contributed by atoms with Crippen LogP contribution in [0.4, 0.5) is 0 Å². The van der Waals surface area contributed by atoms with Crippen molar-refractivity contribution in [3.8, 4) is 0 Å². The highest BCUT2D eigenvalue weighted by Gasteiger charge is 2.01. The molecule has 15 heavy (non-hydrogen) atoms. The molecule has 0 unspecified atom stereocenters. The maximum atomic E-state index is 4.21. The zero-order valence-corrected chi connectivity index (χ0v) is 10.3. The van der Waals surface area contributed by atoms with Crippen LogP contribution in [0.1, 0.15) is 26.7 Å². The third-order valence-electron chi connectivity index (χ3n) is 2.31. The predicted octanol–water partition coefficient (Wildman–Crippen LogP) is 2.35. The smallest absolute Gasteiger partial charge is 0.114 e. The summed E-state index contributed by atoms with van der Waals surface area (Å²) in [6.07, 6.45) is 7.64. The lowest BCUT2D eigenvalue weighted by atomic mass is 10.2. The first kappa shape index (κ1) is 12.5. The van der Waals surface area contributed by atoms with E-state index >= 15 is 0 Å². The SMILES string of the molecule is CCC(CC)NCCSc1cnccn1. The minimum Gasteiger partial charge on any atom is -0.313 e. The standard InChI is InChI=1S/C11H19N3S/c1-3-10(4-2)13-7-8-15-11-9-12-5-6-14-11/h5-6,9-10,13H,3-4,7-8H2,1-2H3. The first-order valence-electron chi connectivity index (χ1n) is 5.49. The Bertz CT molecular complexity index is 249. The molecule has 0 aliphatic carbocycles. The van der Waals surface area contributed by atoms with Gasteiger partial charge in [0.25, 0.3) is 0 Å². The van der Waals surface area contributed by atoms with Crippen molar-refractivity contribution in [2.24, 2.45) is 0 Å². The fraction of sp³-hybridized carbons (Fsp3) is 0.636. The molecule has 0 aromatic carbocycles. The molecule has 1 aromatic heterocycles. The Morgan fingerprint density at radius 1 is 1.33 bits per heavy atom. The van der Waals surface area contributed by atoms with Gasteiger partial charge in [-0.1, -0.05) is 13.8 Å². The van der Waals surface area contributed by atoms with Crippen LogP contribution in [0.25, 0.3) is 0 Å². The van der Waals surface area contributed by atoms with Crippen molar-refractivity contribution in [2.75, 3.05) is 12.3 Å². The van der Waals surface area contributed by atoms with E-state index in [0.717, 1.165) is 17.3 Å². The highest BCUT2D eigenvalue weighted by molar-refractivity contribution is 7.99. The van der Waals surface area contributed by atoms with E-state index < -0.39 is 0 Å². The fourth-order valence-corrected chi connectivity index (χ4v) is 2.06. The summed E-state index contributed by atoms with van der Waals surface area (Å²) in [7, 11) is 0. The number of hydrogen-bond donors (Lipinski definition) is 1. The number of thioether (sulfide) groups is 1. The minimum absolute atomic E-state index is 0.660. The molecule has 0 amide bonds. The monoisotopic (exact) mass is 225 g/mol. The van der Waals surface area contributed by atoms with Crippen molar-refractivity contribution in [1.29, 1.82) is 0 Å². The van der Waals surface area contributed by atoms with E-state index in [2.05, 4.69) is 29.1 Å². The largest absolute Gasteiger partial charge is 0.313 e. The highest BCUT2D eigenvalue weighted by atomic mass is 32.2. The van der Waals surface area contributed by atoms with Gasteiger partial charge < -0.3 is 5.32 Å². The molecule has 0 spiro atoms. The average molecular weight is 225 g/mol. The Kier molecular flexibility index (Phi) is 6.36. The topological polar surface area (TPSA) is 37.8 Å². The van der Waals surface area contributed by atoms with E-state index in [1.165, 1.54) is 12.8 Å². The Labute approximate surface area is 96.1 Å². The predicted molar refractivity (Wildman–Crippen MR) is 65.1 cm³/mol.